The van der Waals surface area contributed by atoms with Gasteiger partial charge in [0, 0.05) is 6.54 Å². The first kappa shape index (κ1) is 24.6. The van der Waals surface area contributed by atoms with Gasteiger partial charge in [-0.1, -0.05) is 0 Å². The third-order valence-corrected chi connectivity index (χ3v) is 7.03. The average molecular weight is 491 g/mol. The zero-order valence-electron chi connectivity index (χ0n) is 17.5. The van der Waals surface area contributed by atoms with Crippen molar-refractivity contribution in [2.75, 3.05) is 22.3 Å². The van der Waals surface area contributed by atoms with Gasteiger partial charge in [-0.15, -0.1) is 0 Å². The highest BCUT2D eigenvalue weighted by molar-refractivity contribution is 7.92. The Bertz CT molecular complexity index is 1150. The number of fused-ring (bicyclic) bond motifs is 1. The minimum Gasteiger partial charge on any atom is -0.485 e. The molecule has 2 aromatic carbocycles. The van der Waals surface area contributed by atoms with Crippen molar-refractivity contribution in [1.82, 2.24) is 0 Å². The minimum absolute atomic E-state index is 0.0127. The van der Waals surface area contributed by atoms with Crippen molar-refractivity contribution in [3.05, 3.63) is 48.3 Å². The number of anilines is 2. The summed E-state index contributed by atoms with van der Waals surface area (Å²) in [6.45, 7) is 1.02. The number of rotatable bonds is 5. The SMILES string of the molecule is CC(C)(N(C(=O)O)c1ccc2c(c1)N(S(=O)(=O)c1ccc(F)cc1)C[C@H](CN)O2)C(F)(F)F. The molecule has 1 aliphatic rings. The number of amides is 1. The highest BCUT2D eigenvalue weighted by atomic mass is 32.2. The Hall–Kier alpha value is -3.06. The second-order valence-electron chi connectivity index (χ2n) is 7.79. The zero-order valence-corrected chi connectivity index (χ0v) is 18.3. The van der Waals surface area contributed by atoms with Crippen LogP contribution in [0.3, 0.4) is 0 Å². The van der Waals surface area contributed by atoms with E-state index in [0.29, 0.717) is 13.8 Å². The Morgan fingerprint density at radius 1 is 1.21 bits per heavy atom. The molecule has 0 aromatic heterocycles. The van der Waals surface area contributed by atoms with E-state index < -0.39 is 45.4 Å². The lowest BCUT2D eigenvalue weighted by molar-refractivity contribution is -0.175. The summed E-state index contributed by atoms with van der Waals surface area (Å²) >= 11 is 0. The molecule has 1 amide bonds. The molecule has 0 spiro atoms. The van der Waals surface area contributed by atoms with E-state index in [2.05, 4.69) is 0 Å². The predicted molar refractivity (Wildman–Crippen MR) is 111 cm³/mol. The number of halogens is 4. The number of ether oxygens (including phenoxy) is 1. The molecular weight excluding hydrogens is 470 g/mol. The first-order chi connectivity index (χ1) is 15.2. The standard InChI is InChI=1S/C20H21F4N3O5S/c1-19(2,20(22,23)24)27(18(28)29)13-5-8-17-16(9-13)26(11-14(10-25)32-17)33(30,31)15-6-3-12(21)4-7-15/h3-9,14H,10-11,25H2,1-2H3,(H,28,29)/t14-/m0/s1. The molecule has 180 valence electrons. The van der Waals surface area contributed by atoms with Gasteiger partial charge in [0.1, 0.15) is 23.2 Å². The number of benzene rings is 2. The molecule has 1 aliphatic heterocycles. The maximum absolute atomic E-state index is 13.6. The highest BCUT2D eigenvalue weighted by Gasteiger charge is 2.54. The molecule has 0 saturated heterocycles. The van der Waals surface area contributed by atoms with Gasteiger partial charge in [0.25, 0.3) is 10.0 Å². The molecule has 0 aliphatic carbocycles. The largest absolute Gasteiger partial charge is 0.485 e. The molecule has 1 heterocycles. The summed E-state index contributed by atoms with van der Waals surface area (Å²) in [6, 6.07) is 7.23. The maximum atomic E-state index is 13.6. The lowest BCUT2D eigenvalue weighted by atomic mass is 10.0. The van der Waals surface area contributed by atoms with Gasteiger partial charge in [0.15, 0.2) is 0 Å². The predicted octanol–water partition coefficient (Wildman–Crippen LogP) is 3.57. The molecule has 33 heavy (non-hydrogen) atoms. The Balaban J connectivity index is 2.17. The molecule has 0 unspecified atom stereocenters. The van der Waals surface area contributed by atoms with E-state index in [4.69, 9.17) is 10.5 Å². The van der Waals surface area contributed by atoms with Crippen LogP contribution in [0.1, 0.15) is 13.8 Å². The fraction of sp³-hybridized carbons (Fsp3) is 0.350. The third kappa shape index (κ3) is 4.42. The smallest absolute Gasteiger partial charge is 0.412 e. The lowest BCUT2D eigenvalue weighted by Crippen LogP contribution is -2.57. The molecule has 2 aromatic rings. The first-order valence-corrected chi connectivity index (χ1v) is 11.0. The molecule has 8 nitrogen and oxygen atoms in total. The van der Waals surface area contributed by atoms with Crippen LogP contribution in [-0.4, -0.2) is 50.5 Å². The van der Waals surface area contributed by atoms with Crippen LogP contribution in [0, 0.1) is 5.82 Å². The van der Waals surface area contributed by atoms with Crippen molar-refractivity contribution in [2.45, 2.75) is 36.6 Å². The summed E-state index contributed by atoms with van der Waals surface area (Å²) in [4.78, 5) is 11.6. The Morgan fingerprint density at radius 2 is 1.82 bits per heavy atom. The van der Waals surface area contributed by atoms with Crippen molar-refractivity contribution < 1.29 is 40.6 Å². The number of alkyl halides is 3. The molecule has 3 rings (SSSR count). The van der Waals surface area contributed by atoms with Gasteiger partial charge in [-0.05, 0) is 56.3 Å². The van der Waals surface area contributed by atoms with E-state index in [1.54, 1.807) is 0 Å². The molecule has 0 fully saturated rings. The number of sulfonamides is 1. The van der Waals surface area contributed by atoms with Gasteiger partial charge >= 0.3 is 12.3 Å². The Kier molecular flexibility index (Phi) is 6.24. The Morgan fingerprint density at radius 3 is 2.33 bits per heavy atom. The van der Waals surface area contributed by atoms with Crippen molar-refractivity contribution >= 4 is 27.5 Å². The van der Waals surface area contributed by atoms with E-state index in [0.717, 1.165) is 40.7 Å². The highest BCUT2D eigenvalue weighted by Crippen LogP contribution is 2.43. The first-order valence-electron chi connectivity index (χ1n) is 9.59. The van der Waals surface area contributed by atoms with Crippen molar-refractivity contribution in [3.8, 4) is 5.75 Å². The number of carbonyl (C=O) groups is 1. The van der Waals surface area contributed by atoms with E-state index in [1.807, 2.05) is 0 Å². The zero-order chi connectivity index (χ0) is 24.8. The Labute approximate surface area is 187 Å². The second kappa shape index (κ2) is 8.37. The quantitative estimate of drug-likeness (QED) is 0.619. The van der Waals surface area contributed by atoms with Gasteiger partial charge in [-0.25, -0.2) is 17.6 Å². The van der Waals surface area contributed by atoms with E-state index in [1.165, 1.54) is 6.07 Å². The summed E-state index contributed by atoms with van der Waals surface area (Å²) in [6.07, 6.45) is -7.59. The average Bonchev–Trinajstić information content (AvgIpc) is 2.72. The molecule has 0 saturated carbocycles. The van der Waals surface area contributed by atoms with Crippen molar-refractivity contribution in [1.29, 1.82) is 0 Å². The van der Waals surface area contributed by atoms with Crippen LogP contribution in [0.2, 0.25) is 0 Å². The fourth-order valence-corrected chi connectivity index (χ4v) is 4.82. The third-order valence-electron chi connectivity index (χ3n) is 5.24. The lowest BCUT2D eigenvalue weighted by Gasteiger charge is -2.39. The summed E-state index contributed by atoms with van der Waals surface area (Å²) in [7, 11) is -4.32. The molecular formula is C20H21F4N3O5S. The van der Waals surface area contributed by atoms with Crippen LogP contribution < -0.4 is 19.7 Å². The number of nitrogens with zero attached hydrogens (tertiary/aromatic N) is 2. The molecule has 13 heteroatoms. The molecule has 0 radical (unpaired) electrons. The number of carboxylic acid groups (broad SMARTS) is 1. The minimum atomic E-state index is -4.93. The van der Waals surface area contributed by atoms with Gasteiger partial charge in [0.05, 0.1) is 22.8 Å². The number of nitrogens with two attached hydrogens (primary N) is 1. The van der Waals surface area contributed by atoms with Crippen LogP contribution in [0.25, 0.3) is 0 Å². The maximum Gasteiger partial charge on any atom is 0.412 e. The van der Waals surface area contributed by atoms with E-state index in [-0.39, 0.29) is 34.3 Å². The summed E-state index contributed by atoms with van der Waals surface area (Å²) in [5, 5.41) is 9.55. The summed E-state index contributed by atoms with van der Waals surface area (Å²) in [5.74, 6) is -0.675. The van der Waals surface area contributed by atoms with Crippen molar-refractivity contribution in [2.24, 2.45) is 5.73 Å². The van der Waals surface area contributed by atoms with E-state index >= 15 is 0 Å². The van der Waals surface area contributed by atoms with Crippen LogP contribution in [-0.2, 0) is 10.0 Å². The van der Waals surface area contributed by atoms with Gasteiger partial charge < -0.3 is 15.6 Å². The van der Waals surface area contributed by atoms with Gasteiger partial charge in [-0.2, -0.15) is 13.2 Å². The number of hydrogen-bond acceptors (Lipinski definition) is 5. The van der Waals surface area contributed by atoms with Crippen LogP contribution >= 0.6 is 0 Å². The summed E-state index contributed by atoms with van der Waals surface area (Å²) < 4.78 is 87.2. The summed E-state index contributed by atoms with van der Waals surface area (Å²) in [5.41, 5.74) is 2.22. The van der Waals surface area contributed by atoms with Crippen LogP contribution in [0.15, 0.2) is 47.4 Å². The topological polar surface area (TPSA) is 113 Å². The van der Waals surface area contributed by atoms with Crippen LogP contribution in [0.4, 0.5) is 33.7 Å². The molecule has 0 bridgehead atoms. The van der Waals surface area contributed by atoms with Gasteiger partial charge in [-0.3, -0.25) is 9.21 Å². The fourth-order valence-electron chi connectivity index (χ4n) is 3.32. The monoisotopic (exact) mass is 491 g/mol. The van der Waals surface area contributed by atoms with E-state index in [9.17, 15) is 35.9 Å². The molecule has 3 N–H and O–H groups in total. The molecule has 1 atom stereocenters. The number of hydrogen-bond donors (Lipinski definition) is 2. The van der Waals surface area contributed by atoms with Gasteiger partial charge in [0.2, 0.25) is 0 Å². The second-order valence-corrected chi connectivity index (χ2v) is 9.65. The normalized spacial score (nSPS) is 16.7. The van der Waals surface area contributed by atoms with Crippen molar-refractivity contribution in [3.63, 3.8) is 0 Å². The van der Waals surface area contributed by atoms with Crippen LogP contribution in [0.5, 0.6) is 5.75 Å².